The van der Waals surface area contributed by atoms with Crippen molar-refractivity contribution in [2.75, 3.05) is 5.32 Å². The van der Waals surface area contributed by atoms with E-state index in [9.17, 15) is 4.79 Å². The van der Waals surface area contributed by atoms with Gasteiger partial charge in [-0.3, -0.25) is 5.32 Å². The fraction of sp³-hybridized carbons (Fsp3) is 0.735. The molecule has 3 heteroatoms. The SMILES string of the molecule is CC(C)CCC[C@@H](C)[C@@H]1CC[C@@H]2[C@H]3CC=C4C[C@@H](OC(=O)Nc5ccccc5)CC[C@]4(C)[C@@H]3CC[C@@]21C. The molecule has 3 fully saturated rings. The number of rotatable bonds is 7. The van der Waals surface area contributed by atoms with Gasteiger partial charge in [-0.25, -0.2) is 4.79 Å². The summed E-state index contributed by atoms with van der Waals surface area (Å²) in [5.41, 5.74) is 3.21. The van der Waals surface area contributed by atoms with E-state index in [1.165, 1.54) is 51.4 Å². The van der Waals surface area contributed by atoms with Crippen LogP contribution >= 0.6 is 0 Å². The molecule has 204 valence electrons. The predicted octanol–water partition coefficient (Wildman–Crippen LogP) is 9.65. The molecule has 1 amide bonds. The van der Waals surface area contributed by atoms with Crippen LogP contribution in [0, 0.1) is 46.3 Å². The van der Waals surface area contributed by atoms with Gasteiger partial charge in [0.25, 0.3) is 0 Å². The molecule has 0 unspecified atom stereocenters. The summed E-state index contributed by atoms with van der Waals surface area (Å²) in [6, 6.07) is 9.62. The second-order valence-electron chi connectivity index (χ2n) is 14.1. The molecule has 5 rings (SSSR count). The first kappa shape index (κ1) is 26.8. The highest BCUT2D eigenvalue weighted by Crippen LogP contribution is 2.67. The first-order chi connectivity index (χ1) is 17.7. The molecule has 0 heterocycles. The molecule has 0 radical (unpaired) electrons. The van der Waals surface area contributed by atoms with Crippen LogP contribution in [0.1, 0.15) is 105 Å². The molecule has 0 aliphatic heterocycles. The second kappa shape index (κ2) is 10.8. The molecule has 3 saturated carbocycles. The lowest BCUT2D eigenvalue weighted by Gasteiger charge is -2.58. The lowest BCUT2D eigenvalue weighted by Crippen LogP contribution is -2.51. The third kappa shape index (κ3) is 5.26. The number of amides is 1. The topological polar surface area (TPSA) is 38.3 Å². The maximum Gasteiger partial charge on any atom is 0.411 e. The zero-order valence-corrected chi connectivity index (χ0v) is 24.1. The van der Waals surface area contributed by atoms with E-state index < -0.39 is 0 Å². The van der Waals surface area contributed by atoms with Gasteiger partial charge in [0.05, 0.1) is 0 Å². The van der Waals surface area contributed by atoms with Gasteiger partial charge in [0, 0.05) is 12.1 Å². The number of anilines is 1. The minimum Gasteiger partial charge on any atom is -0.446 e. The van der Waals surface area contributed by atoms with Gasteiger partial charge in [-0.2, -0.15) is 0 Å². The van der Waals surface area contributed by atoms with Crippen LogP contribution in [0.4, 0.5) is 10.5 Å². The molecule has 1 aromatic rings. The second-order valence-corrected chi connectivity index (χ2v) is 14.1. The van der Waals surface area contributed by atoms with Crippen molar-refractivity contribution in [1.82, 2.24) is 0 Å². The van der Waals surface area contributed by atoms with Crippen molar-refractivity contribution in [3.8, 4) is 0 Å². The largest absolute Gasteiger partial charge is 0.446 e. The molecule has 3 nitrogen and oxygen atoms in total. The summed E-state index contributed by atoms with van der Waals surface area (Å²) >= 11 is 0. The molecule has 8 atom stereocenters. The lowest BCUT2D eigenvalue weighted by molar-refractivity contribution is -0.0577. The van der Waals surface area contributed by atoms with Crippen molar-refractivity contribution in [1.29, 1.82) is 0 Å². The van der Waals surface area contributed by atoms with Gasteiger partial charge >= 0.3 is 6.09 Å². The first-order valence-corrected chi connectivity index (χ1v) is 15.4. The summed E-state index contributed by atoms with van der Waals surface area (Å²) in [5, 5.41) is 2.90. The number of para-hydroxylation sites is 1. The first-order valence-electron chi connectivity index (χ1n) is 15.4. The zero-order valence-electron chi connectivity index (χ0n) is 24.1. The normalized spacial score (nSPS) is 37.7. The van der Waals surface area contributed by atoms with E-state index in [-0.39, 0.29) is 12.2 Å². The summed E-state index contributed by atoms with van der Waals surface area (Å²) in [5.74, 6) is 5.15. The molecular weight excluding hydrogens is 454 g/mol. The molecule has 1 N–H and O–H groups in total. The van der Waals surface area contributed by atoms with Crippen molar-refractivity contribution in [2.45, 2.75) is 111 Å². The van der Waals surface area contributed by atoms with Crippen molar-refractivity contribution in [2.24, 2.45) is 46.3 Å². The van der Waals surface area contributed by atoms with Crippen LogP contribution in [-0.4, -0.2) is 12.2 Å². The maximum absolute atomic E-state index is 12.5. The lowest BCUT2D eigenvalue weighted by atomic mass is 9.47. The van der Waals surface area contributed by atoms with Gasteiger partial charge in [0.1, 0.15) is 6.10 Å². The smallest absolute Gasteiger partial charge is 0.411 e. The van der Waals surface area contributed by atoms with E-state index in [1.807, 2.05) is 30.3 Å². The van der Waals surface area contributed by atoms with E-state index in [2.05, 4.69) is 46.0 Å². The number of carbonyl (C=O) groups is 1. The van der Waals surface area contributed by atoms with E-state index in [1.54, 1.807) is 5.57 Å². The zero-order chi connectivity index (χ0) is 26.2. The minimum atomic E-state index is -0.318. The average Bonchev–Trinajstić information content (AvgIpc) is 3.22. The van der Waals surface area contributed by atoms with Gasteiger partial charge in [-0.15, -0.1) is 0 Å². The molecule has 0 spiro atoms. The third-order valence-corrected chi connectivity index (χ3v) is 11.6. The molecule has 4 aliphatic rings. The summed E-state index contributed by atoms with van der Waals surface area (Å²) in [7, 11) is 0. The van der Waals surface area contributed by atoms with Gasteiger partial charge in [-0.05, 0) is 103 Å². The van der Waals surface area contributed by atoms with Crippen LogP contribution in [0.5, 0.6) is 0 Å². The number of benzene rings is 1. The van der Waals surface area contributed by atoms with Gasteiger partial charge in [0.15, 0.2) is 0 Å². The number of hydrogen-bond acceptors (Lipinski definition) is 2. The number of fused-ring (bicyclic) bond motifs is 5. The predicted molar refractivity (Wildman–Crippen MR) is 153 cm³/mol. The minimum absolute atomic E-state index is 0.00371. The number of hydrogen-bond donors (Lipinski definition) is 1. The molecule has 0 bridgehead atoms. The molecule has 0 aromatic heterocycles. The van der Waals surface area contributed by atoms with Crippen molar-refractivity contribution >= 4 is 11.8 Å². The summed E-state index contributed by atoms with van der Waals surface area (Å²) in [4.78, 5) is 12.5. The number of allylic oxidation sites excluding steroid dienone is 1. The maximum atomic E-state index is 12.5. The Morgan fingerprint density at radius 2 is 1.78 bits per heavy atom. The molecule has 1 aromatic carbocycles. The Morgan fingerprint density at radius 1 is 1.00 bits per heavy atom. The highest BCUT2D eigenvalue weighted by Gasteiger charge is 2.59. The standard InChI is InChI=1S/C34H51NO2/c1-23(2)10-9-11-24(3)29-16-17-30-28-15-14-25-22-27(37-32(36)35-26-12-7-6-8-13-26)18-20-33(25,4)31(28)19-21-34(29,30)5/h6-8,12-14,23-24,27-31H,9-11,15-22H2,1-5H3,(H,35,36)/t24-,27+,28-,29+,30-,31-,33+,34-/m1/s1. The fourth-order valence-corrected chi connectivity index (χ4v) is 9.57. The van der Waals surface area contributed by atoms with Crippen LogP contribution in [-0.2, 0) is 4.74 Å². The van der Waals surface area contributed by atoms with Crippen molar-refractivity contribution < 1.29 is 9.53 Å². The highest BCUT2D eigenvalue weighted by atomic mass is 16.6. The van der Waals surface area contributed by atoms with E-state index >= 15 is 0 Å². The molecule has 37 heavy (non-hydrogen) atoms. The third-order valence-electron chi connectivity index (χ3n) is 11.6. The Balaban J connectivity index is 1.22. The molecular formula is C34H51NO2. The number of ether oxygens (including phenoxy) is 1. The van der Waals surface area contributed by atoms with E-state index in [4.69, 9.17) is 4.74 Å². The fourth-order valence-electron chi connectivity index (χ4n) is 9.57. The number of carbonyl (C=O) groups excluding carboxylic acids is 1. The number of nitrogens with one attached hydrogen (secondary N) is 1. The van der Waals surface area contributed by atoms with Crippen molar-refractivity contribution in [3.05, 3.63) is 42.0 Å². The van der Waals surface area contributed by atoms with Crippen molar-refractivity contribution in [3.63, 3.8) is 0 Å². The van der Waals surface area contributed by atoms with Crippen LogP contribution < -0.4 is 5.32 Å². The van der Waals surface area contributed by atoms with Crippen LogP contribution in [0.25, 0.3) is 0 Å². The van der Waals surface area contributed by atoms with Crippen LogP contribution in [0.15, 0.2) is 42.0 Å². The monoisotopic (exact) mass is 505 g/mol. The Bertz CT molecular complexity index is 969. The Morgan fingerprint density at radius 3 is 2.54 bits per heavy atom. The van der Waals surface area contributed by atoms with E-state index in [0.717, 1.165) is 60.5 Å². The Labute approximate surface area is 226 Å². The molecule has 0 saturated heterocycles. The van der Waals surface area contributed by atoms with Gasteiger partial charge < -0.3 is 4.74 Å². The van der Waals surface area contributed by atoms with Crippen LogP contribution in [0.2, 0.25) is 0 Å². The Kier molecular flexibility index (Phi) is 7.81. The van der Waals surface area contributed by atoms with E-state index in [0.29, 0.717) is 10.8 Å². The highest BCUT2D eigenvalue weighted by molar-refractivity contribution is 5.84. The summed E-state index contributed by atoms with van der Waals surface area (Å²) in [6.07, 6.45) is 16.5. The summed E-state index contributed by atoms with van der Waals surface area (Å²) in [6.45, 7) is 12.5. The average molecular weight is 506 g/mol. The van der Waals surface area contributed by atoms with Crippen LogP contribution in [0.3, 0.4) is 0 Å². The quantitative estimate of drug-likeness (QED) is 0.375. The van der Waals surface area contributed by atoms with Gasteiger partial charge in [-0.1, -0.05) is 83.7 Å². The molecule has 4 aliphatic carbocycles. The summed E-state index contributed by atoms with van der Waals surface area (Å²) < 4.78 is 5.91. The Hall–Kier alpha value is -1.77. The van der Waals surface area contributed by atoms with Gasteiger partial charge in [0.2, 0.25) is 0 Å².